The van der Waals surface area contributed by atoms with Crippen molar-refractivity contribution in [2.75, 3.05) is 0 Å². The standard InChI is InChI=1S/C18H16FN7O/c1-11-7-21-17-14(8-22-25(17)9-11)18-23-16(6-15(20)27)24-26(18)10-12-2-4-13(19)5-3-12/h2-5,7-9H,6,10H2,1H3,(H2,20,27). The fourth-order valence-electron chi connectivity index (χ4n) is 2.82. The topological polar surface area (TPSA) is 104 Å². The summed E-state index contributed by atoms with van der Waals surface area (Å²) in [5.41, 5.74) is 8.40. The van der Waals surface area contributed by atoms with E-state index < -0.39 is 5.91 Å². The summed E-state index contributed by atoms with van der Waals surface area (Å²) in [5.74, 6) is -0.00345. The Labute approximate surface area is 153 Å². The van der Waals surface area contributed by atoms with E-state index in [2.05, 4.69) is 20.2 Å². The maximum atomic E-state index is 13.2. The van der Waals surface area contributed by atoms with Gasteiger partial charge in [0.15, 0.2) is 17.3 Å². The molecule has 3 aromatic heterocycles. The molecule has 3 heterocycles. The molecule has 9 heteroatoms. The second-order valence-corrected chi connectivity index (χ2v) is 6.24. The monoisotopic (exact) mass is 365 g/mol. The van der Waals surface area contributed by atoms with Crippen molar-refractivity contribution in [1.82, 2.24) is 29.4 Å². The Morgan fingerprint density at radius 2 is 2.00 bits per heavy atom. The van der Waals surface area contributed by atoms with Crippen molar-refractivity contribution in [3.63, 3.8) is 0 Å². The molecule has 0 aliphatic rings. The van der Waals surface area contributed by atoms with E-state index in [0.717, 1.165) is 11.1 Å². The second kappa shape index (κ2) is 6.60. The van der Waals surface area contributed by atoms with E-state index in [0.29, 0.717) is 29.4 Å². The first-order chi connectivity index (χ1) is 13.0. The van der Waals surface area contributed by atoms with Crippen LogP contribution in [0.5, 0.6) is 0 Å². The van der Waals surface area contributed by atoms with Gasteiger partial charge >= 0.3 is 0 Å². The van der Waals surface area contributed by atoms with Gasteiger partial charge in [0.1, 0.15) is 5.82 Å². The number of amides is 1. The first kappa shape index (κ1) is 16.8. The molecule has 0 atom stereocenters. The predicted octanol–water partition coefficient (Wildman–Crippen LogP) is 1.51. The smallest absolute Gasteiger partial charge is 0.225 e. The van der Waals surface area contributed by atoms with E-state index in [-0.39, 0.29) is 12.2 Å². The molecule has 0 saturated carbocycles. The molecular weight excluding hydrogens is 349 g/mol. The van der Waals surface area contributed by atoms with Gasteiger partial charge in [-0.1, -0.05) is 12.1 Å². The number of primary amides is 1. The number of rotatable bonds is 5. The summed E-state index contributed by atoms with van der Waals surface area (Å²) in [6, 6.07) is 6.12. The zero-order valence-electron chi connectivity index (χ0n) is 14.5. The Hall–Kier alpha value is -3.62. The Bertz CT molecular complexity index is 1130. The lowest BCUT2D eigenvalue weighted by Crippen LogP contribution is -2.15. The first-order valence-electron chi connectivity index (χ1n) is 8.26. The minimum atomic E-state index is -0.519. The number of aromatic nitrogens is 6. The molecule has 0 aliphatic heterocycles. The molecule has 0 aliphatic carbocycles. The highest BCUT2D eigenvalue weighted by molar-refractivity contribution is 5.76. The molecule has 27 heavy (non-hydrogen) atoms. The number of benzene rings is 1. The van der Waals surface area contributed by atoms with Crippen LogP contribution in [0.3, 0.4) is 0 Å². The Balaban J connectivity index is 1.80. The number of nitrogens with two attached hydrogens (primary N) is 1. The summed E-state index contributed by atoms with van der Waals surface area (Å²) in [6.07, 6.45) is 5.18. The fraction of sp³-hybridized carbons (Fsp3) is 0.167. The fourth-order valence-corrected chi connectivity index (χ4v) is 2.82. The molecule has 0 unspecified atom stereocenters. The normalized spacial score (nSPS) is 11.2. The number of halogens is 1. The summed E-state index contributed by atoms with van der Waals surface area (Å²) >= 11 is 0. The number of nitrogens with zero attached hydrogens (tertiary/aromatic N) is 6. The van der Waals surface area contributed by atoms with Crippen LogP contribution in [-0.4, -0.2) is 35.3 Å². The van der Waals surface area contributed by atoms with Gasteiger partial charge in [0.25, 0.3) is 0 Å². The molecule has 4 aromatic rings. The lowest BCUT2D eigenvalue weighted by Gasteiger charge is -2.05. The average Bonchev–Trinajstić information content (AvgIpc) is 3.19. The van der Waals surface area contributed by atoms with Crippen molar-refractivity contribution in [3.05, 3.63) is 65.6 Å². The summed E-state index contributed by atoms with van der Waals surface area (Å²) in [4.78, 5) is 20.2. The Morgan fingerprint density at radius 3 is 2.74 bits per heavy atom. The number of carbonyl (C=O) groups excluding carboxylic acids is 1. The molecule has 2 N–H and O–H groups in total. The van der Waals surface area contributed by atoms with Crippen LogP contribution >= 0.6 is 0 Å². The molecule has 0 saturated heterocycles. The van der Waals surface area contributed by atoms with Crippen molar-refractivity contribution >= 4 is 11.6 Å². The third-order valence-corrected chi connectivity index (χ3v) is 4.02. The molecular formula is C18H16FN7O. The molecule has 136 valence electrons. The van der Waals surface area contributed by atoms with Crippen molar-refractivity contribution in [1.29, 1.82) is 0 Å². The summed E-state index contributed by atoms with van der Waals surface area (Å²) in [5, 5.41) is 8.71. The van der Waals surface area contributed by atoms with Crippen molar-refractivity contribution in [2.24, 2.45) is 5.73 Å². The largest absolute Gasteiger partial charge is 0.369 e. The number of aryl methyl sites for hydroxylation is 1. The average molecular weight is 365 g/mol. The summed E-state index contributed by atoms with van der Waals surface area (Å²) in [7, 11) is 0. The zero-order valence-corrected chi connectivity index (χ0v) is 14.5. The minimum Gasteiger partial charge on any atom is -0.369 e. The molecule has 1 aromatic carbocycles. The highest BCUT2D eigenvalue weighted by Crippen LogP contribution is 2.23. The summed E-state index contributed by atoms with van der Waals surface area (Å²) < 4.78 is 16.5. The van der Waals surface area contributed by atoms with Crippen molar-refractivity contribution in [3.8, 4) is 11.4 Å². The minimum absolute atomic E-state index is 0.0742. The van der Waals surface area contributed by atoms with E-state index in [1.165, 1.54) is 12.1 Å². The van der Waals surface area contributed by atoms with Crippen molar-refractivity contribution in [2.45, 2.75) is 19.9 Å². The molecule has 0 radical (unpaired) electrons. The van der Waals surface area contributed by atoms with Crippen LogP contribution in [0, 0.1) is 12.7 Å². The quantitative estimate of drug-likeness (QED) is 0.577. The van der Waals surface area contributed by atoms with E-state index in [1.807, 2.05) is 13.1 Å². The lowest BCUT2D eigenvalue weighted by molar-refractivity contribution is -0.117. The van der Waals surface area contributed by atoms with Gasteiger partial charge in [-0.15, -0.1) is 0 Å². The second-order valence-electron chi connectivity index (χ2n) is 6.24. The van der Waals surface area contributed by atoms with Gasteiger partial charge in [-0.05, 0) is 30.2 Å². The van der Waals surface area contributed by atoms with Crippen molar-refractivity contribution < 1.29 is 9.18 Å². The van der Waals surface area contributed by atoms with Gasteiger partial charge in [0, 0.05) is 12.4 Å². The van der Waals surface area contributed by atoms with Crippen LogP contribution < -0.4 is 5.73 Å². The van der Waals surface area contributed by atoms with Crippen LogP contribution in [0.25, 0.3) is 17.0 Å². The maximum Gasteiger partial charge on any atom is 0.225 e. The molecule has 1 amide bonds. The highest BCUT2D eigenvalue weighted by Gasteiger charge is 2.18. The number of fused-ring (bicyclic) bond motifs is 1. The lowest BCUT2D eigenvalue weighted by atomic mass is 10.2. The maximum absolute atomic E-state index is 13.2. The van der Waals surface area contributed by atoms with Crippen LogP contribution in [0.15, 0.2) is 42.9 Å². The predicted molar refractivity (Wildman–Crippen MR) is 95.1 cm³/mol. The van der Waals surface area contributed by atoms with Crippen LogP contribution in [0.4, 0.5) is 4.39 Å². The first-order valence-corrected chi connectivity index (χ1v) is 8.26. The summed E-state index contributed by atoms with van der Waals surface area (Å²) in [6.45, 7) is 2.28. The Morgan fingerprint density at radius 1 is 1.22 bits per heavy atom. The molecule has 0 bridgehead atoms. The number of hydrogen-bond acceptors (Lipinski definition) is 5. The Kier molecular flexibility index (Phi) is 4.11. The van der Waals surface area contributed by atoms with E-state index in [1.54, 1.807) is 33.7 Å². The zero-order chi connectivity index (χ0) is 19.0. The van der Waals surface area contributed by atoms with E-state index in [9.17, 15) is 9.18 Å². The van der Waals surface area contributed by atoms with E-state index >= 15 is 0 Å². The van der Waals surface area contributed by atoms with E-state index in [4.69, 9.17) is 5.73 Å². The van der Waals surface area contributed by atoms with Crippen LogP contribution in [-0.2, 0) is 17.8 Å². The van der Waals surface area contributed by atoms with Crippen LogP contribution in [0.1, 0.15) is 17.0 Å². The van der Waals surface area contributed by atoms with Gasteiger partial charge in [0.2, 0.25) is 5.91 Å². The molecule has 0 spiro atoms. The van der Waals surface area contributed by atoms with Crippen LogP contribution in [0.2, 0.25) is 0 Å². The van der Waals surface area contributed by atoms with Gasteiger partial charge < -0.3 is 5.73 Å². The van der Waals surface area contributed by atoms with Gasteiger partial charge in [-0.25, -0.2) is 23.6 Å². The molecule has 8 nitrogen and oxygen atoms in total. The van der Waals surface area contributed by atoms with Gasteiger partial charge in [0.05, 0.1) is 24.7 Å². The van der Waals surface area contributed by atoms with Gasteiger partial charge in [-0.2, -0.15) is 10.2 Å². The highest BCUT2D eigenvalue weighted by atomic mass is 19.1. The third-order valence-electron chi connectivity index (χ3n) is 4.02. The number of carbonyl (C=O) groups is 1. The molecule has 4 rings (SSSR count). The third kappa shape index (κ3) is 3.39. The SMILES string of the molecule is Cc1cnc2c(-c3nc(CC(N)=O)nn3Cc3ccc(F)cc3)cnn2c1. The van der Waals surface area contributed by atoms with Gasteiger partial charge in [-0.3, -0.25) is 4.79 Å². The molecule has 0 fully saturated rings. The number of hydrogen-bond donors (Lipinski definition) is 1.